The molecule has 7 rings (SSSR count). The number of aliphatic hydroxyl groups is 1. The Hall–Kier alpha value is -6.10. The third-order valence-corrected chi connectivity index (χ3v) is 9.80. The maximum Gasteiger partial charge on any atom is 0.276 e. The molecular weight excluding hydrogens is 704 g/mol. The van der Waals surface area contributed by atoms with Crippen LogP contribution in [0.2, 0.25) is 0 Å². The van der Waals surface area contributed by atoms with E-state index in [2.05, 4.69) is 51.8 Å². The lowest BCUT2D eigenvalue weighted by molar-refractivity contribution is -0.118. The summed E-state index contributed by atoms with van der Waals surface area (Å²) in [5, 5.41) is 27.1. The van der Waals surface area contributed by atoms with Gasteiger partial charge in [-0.3, -0.25) is 28.3 Å². The number of nitrogens with zero attached hydrogens (tertiary/aromatic N) is 6. The number of pyridine rings is 2. The van der Waals surface area contributed by atoms with Crippen molar-refractivity contribution in [1.82, 2.24) is 39.7 Å². The van der Waals surface area contributed by atoms with Crippen LogP contribution in [0.15, 0.2) is 52.6 Å². The molecule has 1 aliphatic carbocycles. The maximum absolute atomic E-state index is 13.5. The van der Waals surface area contributed by atoms with Crippen LogP contribution in [-0.4, -0.2) is 59.1 Å². The molecule has 6 heterocycles. The second kappa shape index (κ2) is 15.3. The highest BCUT2D eigenvalue weighted by Gasteiger charge is 2.44. The molecular formula is C38H48N12O5. The number of aryl methyl sites for hydroxylation is 2. The van der Waals surface area contributed by atoms with Crippen molar-refractivity contribution < 1.29 is 14.7 Å². The Labute approximate surface area is 318 Å². The summed E-state index contributed by atoms with van der Waals surface area (Å²) in [5.74, 6) is 1.28. The van der Waals surface area contributed by atoms with Crippen molar-refractivity contribution in [3.8, 4) is 0 Å². The van der Waals surface area contributed by atoms with Crippen molar-refractivity contribution >= 4 is 52.2 Å². The van der Waals surface area contributed by atoms with Crippen LogP contribution in [0.4, 0.5) is 34.6 Å². The van der Waals surface area contributed by atoms with Gasteiger partial charge in [0.15, 0.2) is 0 Å². The van der Waals surface area contributed by atoms with E-state index in [0.717, 1.165) is 42.6 Å². The SMILES string of the molecule is C/C=C1/NC2(CCCC2)n2c1c(C)cc(Nc1cc(NC(=O)C(C)C)ncn1)c2=O.Cc1cc(Nc2cc(NCCO)ncn2)c(=O)n2c1C(=O)NC2(C)C. The Balaban J connectivity index is 0.000000190. The summed E-state index contributed by atoms with van der Waals surface area (Å²) >= 11 is 0. The highest BCUT2D eigenvalue weighted by atomic mass is 16.3. The summed E-state index contributed by atoms with van der Waals surface area (Å²) in [4.78, 5) is 66.9. The van der Waals surface area contributed by atoms with E-state index in [1.165, 1.54) is 17.2 Å². The maximum atomic E-state index is 13.5. The van der Waals surface area contributed by atoms with Gasteiger partial charge in [0, 0.05) is 24.6 Å². The van der Waals surface area contributed by atoms with Gasteiger partial charge in [0.25, 0.3) is 17.0 Å². The van der Waals surface area contributed by atoms with Gasteiger partial charge in [-0.05, 0) is 83.6 Å². The fraction of sp³-hybridized carbons (Fsp3) is 0.421. The van der Waals surface area contributed by atoms with E-state index in [1.807, 2.05) is 44.4 Å². The fourth-order valence-corrected chi connectivity index (χ4v) is 7.25. The number of anilines is 6. The highest BCUT2D eigenvalue weighted by molar-refractivity contribution is 5.97. The molecule has 55 heavy (non-hydrogen) atoms. The number of carbonyl (C=O) groups excluding carboxylic acids is 2. The average molecular weight is 753 g/mol. The summed E-state index contributed by atoms with van der Waals surface area (Å²) in [7, 11) is 0. The van der Waals surface area contributed by atoms with Gasteiger partial charge < -0.3 is 37.0 Å². The largest absolute Gasteiger partial charge is 0.395 e. The number of aliphatic hydroxyl groups excluding tert-OH is 1. The standard InChI is InChI=1S/C22H28N6O2.C16H20N6O3/c1-5-15-19-14(4)10-16(21(30)28(19)22(27-15)8-6-7-9-22)25-17-11-18(24-12-23-17)26-20(29)13(2)3;1-9-6-10(15(25)22-13(9)14(24)21-16(22,2)3)20-12-7-11(17-4-5-23)18-8-19-12/h5,10-13,27H,6-9H2,1-4H3,(H2,23,24,25,26,29);6-8,23H,4-5H2,1-3H3,(H,21,24)(H2,17,18,19,20)/b15-5+;. The van der Waals surface area contributed by atoms with Crippen LogP contribution in [0.25, 0.3) is 5.70 Å². The van der Waals surface area contributed by atoms with Crippen molar-refractivity contribution in [3.05, 3.63) is 86.2 Å². The monoisotopic (exact) mass is 752 g/mol. The third-order valence-electron chi connectivity index (χ3n) is 9.80. The Morgan fingerprint density at radius 3 is 1.96 bits per heavy atom. The zero-order valence-corrected chi connectivity index (χ0v) is 32.1. The van der Waals surface area contributed by atoms with E-state index < -0.39 is 5.66 Å². The summed E-state index contributed by atoms with van der Waals surface area (Å²) < 4.78 is 3.38. The van der Waals surface area contributed by atoms with Gasteiger partial charge >= 0.3 is 0 Å². The lowest BCUT2D eigenvalue weighted by Crippen LogP contribution is -2.44. The van der Waals surface area contributed by atoms with Crippen LogP contribution in [0.3, 0.4) is 0 Å². The van der Waals surface area contributed by atoms with Crippen LogP contribution < -0.4 is 43.0 Å². The second-order valence-electron chi connectivity index (χ2n) is 14.7. The topological polar surface area (TPSA) is 222 Å². The molecule has 0 unspecified atom stereocenters. The molecule has 0 bridgehead atoms. The van der Waals surface area contributed by atoms with Crippen LogP contribution >= 0.6 is 0 Å². The molecule has 1 fully saturated rings. The summed E-state index contributed by atoms with van der Waals surface area (Å²) in [6.45, 7) is 13.3. The molecule has 290 valence electrons. The first-order valence-electron chi connectivity index (χ1n) is 18.3. The zero-order chi connectivity index (χ0) is 39.7. The van der Waals surface area contributed by atoms with Gasteiger partial charge in [0.1, 0.15) is 64.3 Å². The molecule has 17 heteroatoms. The van der Waals surface area contributed by atoms with Crippen LogP contribution in [0.5, 0.6) is 0 Å². The predicted molar refractivity (Wildman–Crippen MR) is 211 cm³/mol. The van der Waals surface area contributed by atoms with Crippen molar-refractivity contribution in [2.24, 2.45) is 5.92 Å². The Kier molecular flexibility index (Phi) is 10.8. The van der Waals surface area contributed by atoms with Crippen LogP contribution in [0.1, 0.15) is 87.6 Å². The number of hydrogen-bond donors (Lipinski definition) is 7. The van der Waals surface area contributed by atoms with Gasteiger partial charge in [0.05, 0.1) is 18.0 Å². The number of nitrogens with one attached hydrogen (secondary N) is 6. The van der Waals surface area contributed by atoms with Gasteiger partial charge in [0.2, 0.25) is 5.91 Å². The number of hydrogen-bond acceptors (Lipinski definition) is 13. The first-order chi connectivity index (χ1) is 26.2. The molecule has 0 aromatic carbocycles. The van der Waals surface area contributed by atoms with E-state index in [0.29, 0.717) is 52.4 Å². The van der Waals surface area contributed by atoms with Crippen LogP contribution in [0, 0.1) is 19.8 Å². The van der Waals surface area contributed by atoms with Crippen molar-refractivity contribution in [1.29, 1.82) is 0 Å². The third kappa shape index (κ3) is 7.64. The molecule has 0 saturated heterocycles. The molecule has 1 saturated carbocycles. The minimum atomic E-state index is -0.800. The predicted octanol–water partition coefficient (Wildman–Crippen LogP) is 4.01. The van der Waals surface area contributed by atoms with Gasteiger partial charge in [-0.1, -0.05) is 19.9 Å². The highest BCUT2D eigenvalue weighted by Crippen LogP contribution is 2.42. The van der Waals surface area contributed by atoms with E-state index >= 15 is 0 Å². The van der Waals surface area contributed by atoms with Gasteiger partial charge in [-0.15, -0.1) is 0 Å². The number of carbonyl (C=O) groups is 2. The molecule has 7 N–H and O–H groups in total. The molecule has 4 aromatic heterocycles. The molecule has 3 aliphatic rings. The average Bonchev–Trinajstić information content (AvgIpc) is 3.82. The molecule has 2 amide bonds. The van der Waals surface area contributed by atoms with Crippen molar-refractivity contribution in [2.75, 3.05) is 34.4 Å². The molecule has 4 aromatic rings. The molecule has 1 spiro atoms. The zero-order valence-electron chi connectivity index (χ0n) is 32.1. The Morgan fingerprint density at radius 2 is 1.38 bits per heavy atom. The summed E-state index contributed by atoms with van der Waals surface area (Å²) in [5.41, 5.74) is 3.29. The molecule has 17 nitrogen and oxygen atoms in total. The van der Waals surface area contributed by atoms with Crippen molar-refractivity contribution in [3.63, 3.8) is 0 Å². The van der Waals surface area contributed by atoms with E-state index in [9.17, 15) is 19.2 Å². The van der Waals surface area contributed by atoms with Gasteiger partial charge in [-0.25, -0.2) is 19.9 Å². The smallest absolute Gasteiger partial charge is 0.276 e. The molecule has 0 radical (unpaired) electrons. The minimum absolute atomic E-state index is 0.0196. The summed E-state index contributed by atoms with van der Waals surface area (Å²) in [6, 6.07) is 6.77. The Bertz CT molecular complexity index is 2290. The number of amides is 2. The number of aromatic nitrogens is 6. The molecule has 0 atom stereocenters. The summed E-state index contributed by atoms with van der Waals surface area (Å²) in [6.07, 6.45) is 8.81. The number of fused-ring (bicyclic) bond motifs is 3. The van der Waals surface area contributed by atoms with E-state index in [4.69, 9.17) is 5.11 Å². The minimum Gasteiger partial charge on any atom is -0.395 e. The normalized spacial score (nSPS) is 16.5. The Morgan fingerprint density at radius 1 is 0.836 bits per heavy atom. The van der Waals surface area contributed by atoms with Crippen molar-refractivity contribution in [2.45, 2.75) is 85.5 Å². The van der Waals surface area contributed by atoms with E-state index in [-0.39, 0.29) is 41.1 Å². The fourth-order valence-electron chi connectivity index (χ4n) is 7.25. The lowest BCUT2D eigenvalue weighted by Gasteiger charge is -2.27. The quantitative estimate of drug-likeness (QED) is 0.129. The second-order valence-corrected chi connectivity index (χ2v) is 14.7. The number of allylic oxidation sites excluding steroid dienone is 1. The van der Waals surface area contributed by atoms with E-state index in [1.54, 1.807) is 39.0 Å². The molecule has 2 aliphatic heterocycles. The van der Waals surface area contributed by atoms with Crippen LogP contribution in [-0.2, 0) is 16.1 Å². The first kappa shape index (κ1) is 38.6. The lowest BCUT2D eigenvalue weighted by atomic mass is 10.1. The first-order valence-corrected chi connectivity index (χ1v) is 18.3. The number of rotatable bonds is 9. The van der Waals surface area contributed by atoms with Gasteiger partial charge in [-0.2, -0.15) is 0 Å².